The zero-order chi connectivity index (χ0) is 19.7. The first kappa shape index (κ1) is 18.5. The van der Waals surface area contributed by atoms with Crippen molar-refractivity contribution in [2.24, 2.45) is 5.92 Å². The molecule has 2 aromatic carbocycles. The number of anilines is 2. The number of amides is 2. The first-order valence-corrected chi connectivity index (χ1v) is 9.58. The maximum absolute atomic E-state index is 12.5. The molecule has 0 spiro atoms. The maximum Gasteiger partial charge on any atom is 0.316 e. The van der Waals surface area contributed by atoms with Gasteiger partial charge < -0.3 is 14.5 Å². The standard InChI is InChI=1S/C21H19ClN2O4/c22-17-4-1-2-5-18(17)24-13-14(12-20(24)26)21(27)28-16-9-7-15(8-10-16)23-11-3-6-19(23)25/h1-2,4-5,7-10,14H,3,6,11-13H2. The van der Waals surface area contributed by atoms with Crippen molar-refractivity contribution in [1.82, 2.24) is 0 Å². The molecule has 0 bridgehead atoms. The fourth-order valence-corrected chi connectivity index (χ4v) is 3.82. The van der Waals surface area contributed by atoms with Gasteiger partial charge in [0.1, 0.15) is 5.75 Å². The van der Waals surface area contributed by atoms with Gasteiger partial charge in [-0.15, -0.1) is 0 Å². The topological polar surface area (TPSA) is 66.9 Å². The molecule has 0 saturated carbocycles. The highest BCUT2D eigenvalue weighted by molar-refractivity contribution is 6.33. The van der Waals surface area contributed by atoms with Crippen molar-refractivity contribution < 1.29 is 19.1 Å². The number of hydrogen-bond acceptors (Lipinski definition) is 4. The molecule has 0 radical (unpaired) electrons. The third kappa shape index (κ3) is 3.60. The normalized spacial score (nSPS) is 19.4. The monoisotopic (exact) mass is 398 g/mol. The molecule has 2 fully saturated rings. The van der Waals surface area contributed by atoms with Crippen LogP contribution in [0, 0.1) is 5.92 Å². The van der Waals surface area contributed by atoms with Crippen LogP contribution in [0.1, 0.15) is 19.3 Å². The zero-order valence-corrected chi connectivity index (χ0v) is 15.9. The summed E-state index contributed by atoms with van der Waals surface area (Å²) in [5.41, 5.74) is 1.40. The first-order valence-electron chi connectivity index (χ1n) is 9.20. The Balaban J connectivity index is 1.41. The molecule has 2 amide bonds. The maximum atomic E-state index is 12.5. The molecule has 0 aromatic heterocycles. The predicted octanol–water partition coefficient (Wildman–Crippen LogP) is 3.43. The van der Waals surface area contributed by atoms with Crippen LogP contribution in [-0.2, 0) is 14.4 Å². The number of benzene rings is 2. The van der Waals surface area contributed by atoms with Crippen LogP contribution in [-0.4, -0.2) is 30.9 Å². The van der Waals surface area contributed by atoms with Crippen LogP contribution in [0.5, 0.6) is 5.75 Å². The molecule has 2 aliphatic rings. The summed E-state index contributed by atoms with van der Waals surface area (Å²) in [6.45, 7) is 0.946. The third-order valence-corrected chi connectivity index (χ3v) is 5.36. The minimum Gasteiger partial charge on any atom is -0.426 e. The molecule has 2 aromatic rings. The van der Waals surface area contributed by atoms with Gasteiger partial charge in [0, 0.05) is 31.6 Å². The summed E-state index contributed by atoms with van der Waals surface area (Å²) >= 11 is 6.17. The van der Waals surface area contributed by atoms with Gasteiger partial charge in [-0.1, -0.05) is 23.7 Å². The van der Waals surface area contributed by atoms with Crippen molar-refractivity contribution in [2.45, 2.75) is 19.3 Å². The van der Waals surface area contributed by atoms with Crippen molar-refractivity contribution in [3.63, 3.8) is 0 Å². The van der Waals surface area contributed by atoms with Crippen molar-refractivity contribution >= 4 is 40.8 Å². The molecule has 4 rings (SSSR count). The van der Waals surface area contributed by atoms with Crippen LogP contribution < -0.4 is 14.5 Å². The van der Waals surface area contributed by atoms with E-state index in [-0.39, 0.29) is 24.8 Å². The van der Waals surface area contributed by atoms with Crippen molar-refractivity contribution in [3.05, 3.63) is 53.6 Å². The van der Waals surface area contributed by atoms with Gasteiger partial charge in [0.25, 0.3) is 0 Å². The fraction of sp³-hybridized carbons (Fsp3) is 0.286. The summed E-state index contributed by atoms with van der Waals surface area (Å²) < 4.78 is 5.45. The van der Waals surface area contributed by atoms with E-state index >= 15 is 0 Å². The lowest BCUT2D eigenvalue weighted by Crippen LogP contribution is -2.27. The van der Waals surface area contributed by atoms with Gasteiger partial charge in [-0.2, -0.15) is 0 Å². The lowest BCUT2D eigenvalue weighted by atomic mass is 10.1. The molecule has 144 valence electrons. The molecule has 0 N–H and O–H groups in total. The summed E-state index contributed by atoms with van der Waals surface area (Å²) in [5.74, 6) is -0.660. The highest BCUT2D eigenvalue weighted by Crippen LogP contribution is 2.32. The molecule has 0 aliphatic carbocycles. The Bertz CT molecular complexity index is 928. The van der Waals surface area contributed by atoms with Gasteiger partial charge in [0.2, 0.25) is 11.8 Å². The average Bonchev–Trinajstić information content (AvgIpc) is 3.29. The Morgan fingerprint density at radius 1 is 1.00 bits per heavy atom. The second-order valence-electron chi connectivity index (χ2n) is 6.92. The summed E-state index contributed by atoms with van der Waals surface area (Å²) in [6.07, 6.45) is 1.51. The minimum absolute atomic E-state index is 0.0877. The number of rotatable bonds is 4. The van der Waals surface area contributed by atoms with Gasteiger partial charge in [0.15, 0.2) is 0 Å². The third-order valence-electron chi connectivity index (χ3n) is 5.04. The van der Waals surface area contributed by atoms with E-state index in [2.05, 4.69) is 0 Å². The Morgan fingerprint density at radius 3 is 2.43 bits per heavy atom. The van der Waals surface area contributed by atoms with Gasteiger partial charge >= 0.3 is 5.97 Å². The largest absolute Gasteiger partial charge is 0.426 e. The Kier molecular flexibility index (Phi) is 5.05. The lowest BCUT2D eigenvalue weighted by Gasteiger charge is -2.18. The Hall–Kier alpha value is -2.86. The van der Waals surface area contributed by atoms with E-state index in [0.29, 0.717) is 29.4 Å². The van der Waals surface area contributed by atoms with E-state index in [9.17, 15) is 14.4 Å². The highest BCUT2D eigenvalue weighted by atomic mass is 35.5. The SMILES string of the molecule is O=C(Oc1ccc(N2CCCC2=O)cc1)C1CC(=O)N(c2ccccc2Cl)C1. The molecule has 7 heteroatoms. The molecule has 2 heterocycles. The van der Waals surface area contributed by atoms with Crippen LogP contribution in [0.25, 0.3) is 0 Å². The summed E-state index contributed by atoms with van der Waals surface area (Å²) in [7, 11) is 0. The second kappa shape index (κ2) is 7.64. The highest BCUT2D eigenvalue weighted by Gasteiger charge is 2.37. The predicted molar refractivity (Wildman–Crippen MR) is 106 cm³/mol. The molecule has 6 nitrogen and oxygen atoms in total. The van der Waals surface area contributed by atoms with E-state index in [0.717, 1.165) is 12.1 Å². The number of esters is 1. The zero-order valence-electron chi connectivity index (χ0n) is 15.1. The number of para-hydroxylation sites is 1. The number of nitrogens with zero attached hydrogens (tertiary/aromatic N) is 2. The molecule has 2 saturated heterocycles. The summed E-state index contributed by atoms with van der Waals surface area (Å²) in [4.78, 5) is 39.9. The van der Waals surface area contributed by atoms with Gasteiger partial charge in [-0.05, 0) is 42.8 Å². The number of carbonyl (C=O) groups excluding carboxylic acids is 3. The number of halogens is 1. The average molecular weight is 399 g/mol. The molecule has 28 heavy (non-hydrogen) atoms. The summed E-state index contributed by atoms with van der Waals surface area (Å²) in [5, 5.41) is 0.469. The van der Waals surface area contributed by atoms with Crippen LogP contribution in [0.4, 0.5) is 11.4 Å². The summed E-state index contributed by atoms with van der Waals surface area (Å²) in [6, 6.07) is 13.9. The van der Waals surface area contributed by atoms with E-state index in [1.54, 1.807) is 53.4 Å². The van der Waals surface area contributed by atoms with Crippen LogP contribution in [0.3, 0.4) is 0 Å². The Labute approximate surface area is 167 Å². The van der Waals surface area contributed by atoms with Crippen LogP contribution in [0.15, 0.2) is 48.5 Å². The van der Waals surface area contributed by atoms with E-state index in [1.807, 2.05) is 0 Å². The van der Waals surface area contributed by atoms with E-state index in [1.165, 1.54) is 4.90 Å². The van der Waals surface area contributed by atoms with E-state index < -0.39 is 11.9 Å². The first-order chi connectivity index (χ1) is 13.5. The van der Waals surface area contributed by atoms with Gasteiger partial charge in [-0.3, -0.25) is 14.4 Å². The quantitative estimate of drug-likeness (QED) is 0.584. The fourth-order valence-electron chi connectivity index (χ4n) is 3.58. The molecule has 2 aliphatic heterocycles. The van der Waals surface area contributed by atoms with Crippen molar-refractivity contribution in [2.75, 3.05) is 22.9 Å². The van der Waals surface area contributed by atoms with Gasteiger partial charge in [0.05, 0.1) is 16.6 Å². The smallest absolute Gasteiger partial charge is 0.316 e. The molecule has 1 unspecified atom stereocenters. The van der Waals surface area contributed by atoms with Crippen LogP contribution >= 0.6 is 11.6 Å². The second-order valence-corrected chi connectivity index (χ2v) is 7.33. The number of ether oxygens (including phenoxy) is 1. The van der Waals surface area contributed by atoms with E-state index in [4.69, 9.17) is 16.3 Å². The molecular formula is C21H19ClN2O4. The van der Waals surface area contributed by atoms with Crippen molar-refractivity contribution in [3.8, 4) is 5.75 Å². The van der Waals surface area contributed by atoms with Crippen molar-refractivity contribution in [1.29, 1.82) is 0 Å². The Morgan fingerprint density at radius 2 is 1.75 bits per heavy atom. The lowest BCUT2D eigenvalue weighted by molar-refractivity contribution is -0.139. The minimum atomic E-state index is -0.552. The van der Waals surface area contributed by atoms with Crippen LogP contribution in [0.2, 0.25) is 5.02 Å². The molecule has 1 atom stereocenters. The van der Waals surface area contributed by atoms with Gasteiger partial charge in [-0.25, -0.2) is 0 Å². The molecular weight excluding hydrogens is 380 g/mol. The number of carbonyl (C=O) groups is 3. The number of hydrogen-bond donors (Lipinski definition) is 0.